The van der Waals surface area contributed by atoms with Crippen LogP contribution in [-0.2, 0) is 0 Å². The van der Waals surface area contributed by atoms with Crippen molar-refractivity contribution in [2.75, 3.05) is 5.73 Å². The first kappa shape index (κ1) is 10.1. The molecule has 1 aromatic carbocycles. The van der Waals surface area contributed by atoms with Crippen LogP contribution < -0.4 is 5.73 Å². The van der Waals surface area contributed by atoms with Crippen molar-refractivity contribution in [3.05, 3.63) is 47.9 Å². The van der Waals surface area contributed by atoms with E-state index in [4.69, 9.17) is 11.0 Å². The molecular formula is C12H8FN3. The monoisotopic (exact) mass is 213 g/mol. The zero-order valence-corrected chi connectivity index (χ0v) is 8.31. The van der Waals surface area contributed by atoms with Gasteiger partial charge in [-0.1, -0.05) is 6.07 Å². The molecule has 2 aromatic rings. The average Bonchev–Trinajstić information content (AvgIpc) is 2.32. The highest BCUT2D eigenvalue weighted by Gasteiger charge is 2.09. The van der Waals surface area contributed by atoms with Crippen LogP contribution in [-0.4, -0.2) is 4.98 Å². The Bertz CT molecular complexity index is 558. The third-order valence-corrected chi connectivity index (χ3v) is 2.20. The van der Waals surface area contributed by atoms with Crippen molar-refractivity contribution in [1.29, 1.82) is 5.26 Å². The van der Waals surface area contributed by atoms with E-state index < -0.39 is 5.82 Å². The molecule has 4 heteroatoms. The van der Waals surface area contributed by atoms with Crippen LogP contribution in [0.3, 0.4) is 0 Å². The maximum Gasteiger partial charge on any atom is 0.141 e. The van der Waals surface area contributed by atoms with Crippen LogP contribution >= 0.6 is 0 Å². The Morgan fingerprint density at radius 1 is 1.31 bits per heavy atom. The number of nitrogen functional groups attached to an aromatic ring is 1. The van der Waals surface area contributed by atoms with Gasteiger partial charge in [-0.25, -0.2) is 4.39 Å². The largest absolute Gasteiger partial charge is 0.398 e. The van der Waals surface area contributed by atoms with E-state index in [9.17, 15) is 4.39 Å². The second-order valence-electron chi connectivity index (χ2n) is 3.25. The predicted molar refractivity (Wildman–Crippen MR) is 58.8 cm³/mol. The molecule has 0 aliphatic rings. The SMILES string of the molecule is N#Cc1cc(N)c(-c2ccccn2)cc1F. The maximum atomic E-state index is 13.4. The predicted octanol–water partition coefficient (Wildman–Crippen LogP) is 2.34. The second-order valence-corrected chi connectivity index (χ2v) is 3.25. The molecule has 0 saturated heterocycles. The molecule has 0 radical (unpaired) electrons. The molecule has 1 heterocycles. The molecule has 0 aliphatic heterocycles. The van der Waals surface area contributed by atoms with Gasteiger partial charge in [0.1, 0.15) is 11.9 Å². The summed E-state index contributed by atoms with van der Waals surface area (Å²) in [4.78, 5) is 4.08. The van der Waals surface area contributed by atoms with Gasteiger partial charge in [0.05, 0.1) is 11.3 Å². The van der Waals surface area contributed by atoms with E-state index in [0.717, 1.165) is 0 Å². The van der Waals surface area contributed by atoms with Gasteiger partial charge in [-0.05, 0) is 24.3 Å². The number of nitrogens with two attached hydrogens (primary N) is 1. The van der Waals surface area contributed by atoms with Crippen LogP contribution in [0.15, 0.2) is 36.5 Å². The molecule has 0 spiro atoms. The maximum absolute atomic E-state index is 13.4. The molecule has 0 atom stereocenters. The summed E-state index contributed by atoms with van der Waals surface area (Å²) >= 11 is 0. The molecule has 0 saturated carbocycles. The molecule has 0 unspecified atom stereocenters. The molecule has 78 valence electrons. The Labute approximate surface area is 92.0 Å². The molecular weight excluding hydrogens is 205 g/mol. The number of aromatic nitrogens is 1. The smallest absolute Gasteiger partial charge is 0.141 e. The fourth-order valence-corrected chi connectivity index (χ4v) is 1.42. The zero-order chi connectivity index (χ0) is 11.5. The zero-order valence-electron chi connectivity index (χ0n) is 8.31. The van der Waals surface area contributed by atoms with E-state index in [1.165, 1.54) is 12.1 Å². The van der Waals surface area contributed by atoms with Crippen molar-refractivity contribution in [3.63, 3.8) is 0 Å². The first-order valence-corrected chi connectivity index (χ1v) is 4.63. The Morgan fingerprint density at radius 3 is 2.75 bits per heavy atom. The van der Waals surface area contributed by atoms with E-state index in [-0.39, 0.29) is 5.56 Å². The van der Waals surface area contributed by atoms with Gasteiger partial charge < -0.3 is 5.73 Å². The number of hydrogen-bond acceptors (Lipinski definition) is 3. The van der Waals surface area contributed by atoms with Gasteiger partial charge in [-0.15, -0.1) is 0 Å². The van der Waals surface area contributed by atoms with Crippen molar-refractivity contribution in [3.8, 4) is 17.3 Å². The molecule has 0 amide bonds. The molecule has 1 aromatic heterocycles. The van der Waals surface area contributed by atoms with E-state index >= 15 is 0 Å². The summed E-state index contributed by atoms with van der Waals surface area (Å²) in [5, 5.41) is 8.64. The summed E-state index contributed by atoms with van der Waals surface area (Å²) in [6.07, 6.45) is 1.60. The van der Waals surface area contributed by atoms with Crippen molar-refractivity contribution < 1.29 is 4.39 Å². The molecule has 3 nitrogen and oxygen atoms in total. The van der Waals surface area contributed by atoms with Crippen molar-refractivity contribution in [2.24, 2.45) is 0 Å². The third-order valence-electron chi connectivity index (χ3n) is 2.20. The fraction of sp³-hybridized carbons (Fsp3) is 0. The normalized spacial score (nSPS) is 9.75. The number of nitriles is 1. The van der Waals surface area contributed by atoms with Crippen molar-refractivity contribution in [1.82, 2.24) is 4.98 Å². The average molecular weight is 213 g/mol. The number of hydrogen-bond donors (Lipinski definition) is 1. The van der Waals surface area contributed by atoms with Gasteiger partial charge in [0.25, 0.3) is 0 Å². The summed E-state index contributed by atoms with van der Waals surface area (Å²) in [7, 11) is 0. The van der Waals surface area contributed by atoms with E-state index in [2.05, 4.69) is 4.98 Å². The lowest BCUT2D eigenvalue weighted by Gasteiger charge is -2.05. The van der Waals surface area contributed by atoms with Gasteiger partial charge >= 0.3 is 0 Å². The first-order valence-electron chi connectivity index (χ1n) is 4.63. The van der Waals surface area contributed by atoms with E-state index in [1.54, 1.807) is 30.5 Å². The van der Waals surface area contributed by atoms with Gasteiger partial charge in [0.2, 0.25) is 0 Å². The summed E-state index contributed by atoms with van der Waals surface area (Å²) in [6.45, 7) is 0. The van der Waals surface area contributed by atoms with Crippen LogP contribution in [0.1, 0.15) is 5.56 Å². The number of anilines is 1. The van der Waals surface area contributed by atoms with Gasteiger partial charge in [-0.3, -0.25) is 4.98 Å². The summed E-state index contributed by atoms with van der Waals surface area (Å²) < 4.78 is 13.4. The van der Waals surface area contributed by atoms with Crippen molar-refractivity contribution in [2.45, 2.75) is 0 Å². The number of pyridine rings is 1. The van der Waals surface area contributed by atoms with E-state index in [1.807, 2.05) is 0 Å². The summed E-state index contributed by atoms with van der Waals surface area (Å²) in [5.74, 6) is -0.586. The lowest BCUT2D eigenvalue weighted by molar-refractivity contribution is 0.624. The minimum absolute atomic E-state index is 0.0582. The standard InChI is InChI=1S/C12H8FN3/c13-10-6-9(11(15)5-8(10)7-14)12-3-1-2-4-16-12/h1-6H,15H2. The molecule has 16 heavy (non-hydrogen) atoms. The summed E-state index contributed by atoms with van der Waals surface area (Å²) in [6, 6.07) is 9.58. The Kier molecular flexibility index (Phi) is 2.52. The van der Waals surface area contributed by atoms with Crippen LogP contribution in [0, 0.1) is 17.1 Å². The molecule has 0 aliphatic carbocycles. The molecule has 2 rings (SSSR count). The van der Waals surface area contributed by atoms with Crippen molar-refractivity contribution >= 4 is 5.69 Å². The third kappa shape index (κ3) is 1.71. The topological polar surface area (TPSA) is 62.7 Å². The van der Waals surface area contributed by atoms with Crippen LogP contribution in [0.2, 0.25) is 0 Å². The van der Waals surface area contributed by atoms with Gasteiger partial charge in [-0.2, -0.15) is 5.26 Å². The Hall–Kier alpha value is -2.41. The number of benzene rings is 1. The van der Waals surface area contributed by atoms with Crippen LogP contribution in [0.5, 0.6) is 0 Å². The first-order chi connectivity index (χ1) is 7.72. The minimum Gasteiger partial charge on any atom is -0.398 e. The highest BCUT2D eigenvalue weighted by molar-refractivity contribution is 5.75. The second kappa shape index (κ2) is 3.99. The minimum atomic E-state index is -0.586. The van der Waals surface area contributed by atoms with Gasteiger partial charge in [0, 0.05) is 17.4 Å². The quantitative estimate of drug-likeness (QED) is 0.739. The summed E-state index contributed by atoms with van der Waals surface area (Å²) in [5.41, 5.74) is 7.11. The van der Waals surface area contributed by atoms with E-state index in [0.29, 0.717) is 16.9 Å². The lowest BCUT2D eigenvalue weighted by atomic mass is 10.1. The Morgan fingerprint density at radius 2 is 2.12 bits per heavy atom. The van der Waals surface area contributed by atoms with Crippen LogP contribution in [0.4, 0.5) is 10.1 Å². The molecule has 2 N–H and O–H groups in total. The highest BCUT2D eigenvalue weighted by atomic mass is 19.1. The van der Waals surface area contributed by atoms with Gasteiger partial charge in [0.15, 0.2) is 0 Å². The lowest BCUT2D eigenvalue weighted by Crippen LogP contribution is -1.95. The highest BCUT2D eigenvalue weighted by Crippen LogP contribution is 2.26. The number of halogens is 1. The Balaban J connectivity index is 2.60. The number of nitrogens with zero attached hydrogens (tertiary/aromatic N) is 2. The molecule has 0 fully saturated rings. The number of rotatable bonds is 1. The molecule has 0 bridgehead atoms. The fourth-order valence-electron chi connectivity index (χ4n) is 1.42. The van der Waals surface area contributed by atoms with Crippen LogP contribution in [0.25, 0.3) is 11.3 Å².